The van der Waals surface area contributed by atoms with Crippen molar-refractivity contribution < 1.29 is 33.2 Å². The number of hydrogen-bond acceptors (Lipinski definition) is 7. The van der Waals surface area contributed by atoms with Crippen molar-refractivity contribution in [2.24, 2.45) is 23.0 Å². The molecule has 4 atom stereocenters. The van der Waals surface area contributed by atoms with Gasteiger partial charge in [0.25, 0.3) is 5.91 Å². The number of halogens is 1. The predicted molar refractivity (Wildman–Crippen MR) is 177 cm³/mol. The number of likely N-dealkylation sites (tertiary alicyclic amines) is 1. The van der Waals surface area contributed by atoms with Crippen molar-refractivity contribution in [3.05, 3.63) is 30.1 Å². The molecule has 4 rings (SSSR count). The maximum atomic E-state index is 14.3. The number of hydrogen-bond donors (Lipinski definition) is 4. The first-order valence-electron chi connectivity index (χ1n) is 16.9. The summed E-state index contributed by atoms with van der Waals surface area (Å²) in [5.74, 6) is -3.62. The van der Waals surface area contributed by atoms with Crippen LogP contribution < -0.4 is 26.6 Å². The van der Waals surface area contributed by atoms with Crippen molar-refractivity contribution in [1.82, 2.24) is 25.8 Å². The summed E-state index contributed by atoms with van der Waals surface area (Å²) in [6, 6.07) is 1.94. The summed E-state index contributed by atoms with van der Waals surface area (Å²) >= 11 is 0. The average Bonchev–Trinajstić information content (AvgIpc) is 3.71. The Morgan fingerprint density at radius 3 is 2.10 bits per heavy atom. The van der Waals surface area contributed by atoms with Crippen LogP contribution >= 0.6 is 0 Å². The lowest BCUT2D eigenvalue weighted by molar-refractivity contribution is -0.143. The number of carbonyl (C=O) groups is 6. The topological polar surface area (TPSA) is 174 Å². The Hall–Kier alpha value is -4.23. The number of rotatable bonds is 12. The van der Waals surface area contributed by atoms with Gasteiger partial charge in [-0.15, -0.1) is 0 Å². The molecule has 3 fully saturated rings. The minimum atomic E-state index is -1.12. The van der Waals surface area contributed by atoms with Crippen molar-refractivity contribution in [2.45, 2.75) is 90.9 Å². The van der Waals surface area contributed by atoms with Gasteiger partial charge >= 0.3 is 6.03 Å². The van der Waals surface area contributed by atoms with Crippen LogP contribution in [-0.4, -0.2) is 102 Å². The van der Waals surface area contributed by atoms with Crippen LogP contribution in [0.15, 0.2) is 24.3 Å². The van der Waals surface area contributed by atoms with E-state index in [1.165, 1.54) is 11.0 Å². The molecule has 48 heavy (non-hydrogen) atoms. The molecule has 2 heterocycles. The average molecular weight is 672 g/mol. The number of carbonyl (C=O) groups excluding carboxylic acids is 6. The zero-order valence-corrected chi connectivity index (χ0v) is 28.6. The van der Waals surface area contributed by atoms with Gasteiger partial charge in [0.15, 0.2) is 0 Å². The number of primary amides is 1. The molecule has 3 unspecified atom stereocenters. The molecule has 2 aliphatic heterocycles. The van der Waals surface area contributed by atoms with Crippen molar-refractivity contribution >= 4 is 41.1 Å². The number of ketones is 1. The molecule has 1 aliphatic carbocycles. The number of amides is 6. The molecule has 0 bridgehead atoms. The molecule has 2 saturated heterocycles. The Balaban J connectivity index is 1.39. The van der Waals surface area contributed by atoms with Gasteiger partial charge in [-0.3, -0.25) is 24.0 Å². The summed E-state index contributed by atoms with van der Waals surface area (Å²) in [4.78, 5) is 83.4. The summed E-state index contributed by atoms with van der Waals surface area (Å²) in [5.41, 5.74) is 4.94. The van der Waals surface area contributed by atoms with E-state index in [-0.39, 0.29) is 30.1 Å². The number of anilines is 1. The molecular weight excluding hydrogens is 621 g/mol. The number of nitrogens with one attached hydrogen (secondary N) is 3. The van der Waals surface area contributed by atoms with Crippen molar-refractivity contribution in [2.75, 3.05) is 37.6 Å². The van der Waals surface area contributed by atoms with Gasteiger partial charge in [-0.2, -0.15) is 0 Å². The van der Waals surface area contributed by atoms with Crippen LogP contribution in [0.5, 0.6) is 0 Å². The number of nitrogens with two attached hydrogens (primary N) is 1. The molecule has 1 saturated carbocycles. The second-order valence-electron chi connectivity index (χ2n) is 14.6. The van der Waals surface area contributed by atoms with E-state index in [1.54, 1.807) is 43.9 Å². The number of urea groups is 1. The highest BCUT2D eigenvalue weighted by atomic mass is 19.1. The zero-order valence-electron chi connectivity index (χ0n) is 28.6. The lowest BCUT2D eigenvalue weighted by Crippen LogP contribution is -2.62. The molecule has 5 N–H and O–H groups in total. The standard InChI is InChI=1S/C34H50FN7O6/c1-20(2)26(31(46)41-17-15-40(16-18-41)24-10-7-6-9-22(24)35)38-33(48)39-28(34(3,4)5)32(47)42-14-8-11-25(42)30(45)37-23(19-21-12-13-21)27(43)29(36)44/h6-7,9-10,20-21,23,25-26,28H,8,11-19H2,1-5H3,(H2,36,44)(H,37,45)(H2,38,39,48)/t23?,25-,26?,28?/m0/s1. The lowest BCUT2D eigenvalue weighted by atomic mass is 9.85. The molecule has 1 aromatic carbocycles. The van der Waals surface area contributed by atoms with Crippen LogP contribution in [0.25, 0.3) is 0 Å². The number of benzene rings is 1. The van der Waals surface area contributed by atoms with Crippen molar-refractivity contribution in [3.63, 3.8) is 0 Å². The van der Waals surface area contributed by atoms with E-state index in [2.05, 4.69) is 16.0 Å². The molecule has 0 radical (unpaired) electrons. The van der Waals surface area contributed by atoms with Gasteiger partial charge in [-0.1, -0.05) is 59.6 Å². The zero-order chi connectivity index (χ0) is 35.3. The number of Topliss-reactive ketones (excluding diaryl/α,β-unsaturated/α-hetero) is 1. The maximum Gasteiger partial charge on any atom is 0.316 e. The van der Waals surface area contributed by atoms with Crippen molar-refractivity contribution in [1.29, 1.82) is 0 Å². The minimum Gasteiger partial charge on any atom is -0.366 e. The highest BCUT2D eigenvalue weighted by Gasteiger charge is 2.44. The molecule has 14 heteroatoms. The third-order valence-electron chi connectivity index (χ3n) is 9.37. The van der Waals surface area contributed by atoms with Gasteiger partial charge in [0.05, 0.1) is 11.7 Å². The lowest BCUT2D eigenvalue weighted by Gasteiger charge is -2.39. The monoisotopic (exact) mass is 671 g/mol. The van der Waals surface area contributed by atoms with E-state index in [4.69, 9.17) is 5.73 Å². The Kier molecular flexibility index (Phi) is 11.7. The van der Waals surface area contributed by atoms with Gasteiger partial charge in [-0.25, -0.2) is 9.18 Å². The molecule has 1 aromatic rings. The summed E-state index contributed by atoms with van der Waals surface area (Å²) in [6.45, 7) is 10.9. The second kappa shape index (κ2) is 15.3. The van der Waals surface area contributed by atoms with E-state index in [0.29, 0.717) is 51.1 Å². The molecule has 3 aliphatic rings. The minimum absolute atomic E-state index is 0.234. The summed E-state index contributed by atoms with van der Waals surface area (Å²) in [6.07, 6.45) is 3.02. The van der Waals surface area contributed by atoms with E-state index in [1.807, 2.05) is 18.7 Å². The van der Waals surface area contributed by atoms with Gasteiger partial charge in [0, 0.05) is 32.7 Å². The van der Waals surface area contributed by atoms with E-state index in [0.717, 1.165) is 12.8 Å². The molecule has 0 spiro atoms. The third-order valence-corrected chi connectivity index (χ3v) is 9.37. The number of para-hydroxylation sites is 1. The normalized spacial score (nSPS) is 20.1. The first-order valence-corrected chi connectivity index (χ1v) is 16.9. The quantitative estimate of drug-likeness (QED) is 0.244. The van der Waals surface area contributed by atoms with E-state index < -0.39 is 59.1 Å². The third kappa shape index (κ3) is 9.01. The Morgan fingerprint density at radius 2 is 1.54 bits per heavy atom. The van der Waals surface area contributed by atoms with E-state index in [9.17, 15) is 33.2 Å². The van der Waals surface area contributed by atoms with E-state index >= 15 is 0 Å². The van der Waals surface area contributed by atoms with Crippen LogP contribution in [0.3, 0.4) is 0 Å². The molecule has 13 nitrogen and oxygen atoms in total. The van der Waals surface area contributed by atoms with Crippen LogP contribution in [0.1, 0.15) is 66.7 Å². The first-order chi connectivity index (χ1) is 22.6. The highest BCUT2D eigenvalue weighted by Crippen LogP contribution is 2.34. The first kappa shape index (κ1) is 36.6. The van der Waals surface area contributed by atoms with Gasteiger partial charge < -0.3 is 36.4 Å². The largest absolute Gasteiger partial charge is 0.366 e. The number of piperazine rings is 1. The summed E-state index contributed by atoms with van der Waals surface area (Å²) in [5, 5.41) is 8.21. The second-order valence-corrected chi connectivity index (χ2v) is 14.6. The fourth-order valence-corrected chi connectivity index (χ4v) is 6.38. The molecule has 264 valence electrons. The summed E-state index contributed by atoms with van der Waals surface area (Å²) < 4.78 is 14.3. The predicted octanol–water partition coefficient (Wildman–Crippen LogP) is 1.54. The highest BCUT2D eigenvalue weighted by molar-refractivity contribution is 6.37. The fraction of sp³-hybridized carbons (Fsp3) is 0.647. The maximum absolute atomic E-state index is 14.3. The Labute approximate surface area is 281 Å². The molecule has 6 amide bonds. The Morgan fingerprint density at radius 1 is 0.896 bits per heavy atom. The van der Waals surface area contributed by atoms with Crippen molar-refractivity contribution in [3.8, 4) is 0 Å². The number of nitrogens with zero attached hydrogens (tertiary/aromatic N) is 3. The van der Waals surface area contributed by atoms with Gasteiger partial charge in [-0.05, 0) is 48.6 Å². The van der Waals surface area contributed by atoms with Gasteiger partial charge in [0.2, 0.25) is 23.5 Å². The van der Waals surface area contributed by atoms with Crippen LogP contribution in [-0.2, 0) is 24.0 Å². The molecule has 0 aromatic heterocycles. The molecular formula is C34H50FN7O6. The van der Waals surface area contributed by atoms with Gasteiger partial charge in [0.1, 0.15) is 23.9 Å². The fourth-order valence-electron chi connectivity index (χ4n) is 6.38. The Bertz CT molecular complexity index is 1390. The smallest absolute Gasteiger partial charge is 0.316 e. The van der Waals surface area contributed by atoms with Crippen LogP contribution in [0.2, 0.25) is 0 Å². The van der Waals surface area contributed by atoms with Crippen LogP contribution in [0.4, 0.5) is 14.9 Å². The SMILES string of the molecule is CC(C)C(NC(=O)NC(C(=O)N1CCC[C@H]1C(=O)NC(CC1CC1)C(=O)C(N)=O)C(C)(C)C)C(=O)N1CCN(c2ccccc2F)CC1. The summed E-state index contributed by atoms with van der Waals surface area (Å²) in [7, 11) is 0. The van der Waals surface area contributed by atoms with Crippen LogP contribution in [0, 0.1) is 23.1 Å².